The number of halogens is 1. The van der Waals surface area contributed by atoms with Crippen LogP contribution < -0.4 is 9.47 Å². The van der Waals surface area contributed by atoms with Crippen molar-refractivity contribution >= 4 is 57.1 Å². The van der Waals surface area contributed by atoms with Crippen molar-refractivity contribution in [2.45, 2.75) is 32.8 Å². The monoisotopic (exact) mass is 559 g/mol. The van der Waals surface area contributed by atoms with Crippen LogP contribution in [0.3, 0.4) is 0 Å². The van der Waals surface area contributed by atoms with Gasteiger partial charge >= 0.3 is 0 Å². The van der Waals surface area contributed by atoms with Gasteiger partial charge in [-0.3, -0.25) is 9.69 Å². The van der Waals surface area contributed by atoms with Gasteiger partial charge in [-0.15, -0.1) is 0 Å². The van der Waals surface area contributed by atoms with Crippen molar-refractivity contribution in [3.63, 3.8) is 0 Å². The average molecular weight is 560 g/mol. The number of rotatable bonds is 9. The van der Waals surface area contributed by atoms with Crippen LogP contribution in [0, 0.1) is 0 Å². The zero-order valence-corrected chi connectivity index (χ0v) is 23.7. The summed E-state index contributed by atoms with van der Waals surface area (Å²) in [4.78, 5) is 24.1. The molecule has 8 heteroatoms. The van der Waals surface area contributed by atoms with Gasteiger partial charge in [-0.25, -0.2) is 4.99 Å². The Labute approximate surface area is 237 Å². The van der Waals surface area contributed by atoms with Crippen LogP contribution in [0.2, 0.25) is 5.02 Å². The van der Waals surface area contributed by atoms with Crippen LogP contribution in [0.15, 0.2) is 82.8 Å². The predicted octanol–water partition coefficient (Wildman–Crippen LogP) is 7.85. The lowest BCUT2D eigenvalue weighted by atomic mass is 10.1. The smallest absolute Gasteiger partial charge is 0.266 e. The van der Waals surface area contributed by atoms with E-state index in [1.54, 1.807) is 18.1 Å². The normalized spacial score (nSPS) is 16.4. The van der Waals surface area contributed by atoms with Crippen LogP contribution in [0.25, 0.3) is 17.0 Å². The minimum absolute atomic E-state index is 0.00460. The quantitative estimate of drug-likeness (QED) is 0.212. The number of H-pyrrole nitrogens is 1. The topological polar surface area (TPSA) is 66.9 Å². The van der Waals surface area contributed by atoms with Crippen LogP contribution in [0.1, 0.15) is 31.4 Å². The van der Waals surface area contributed by atoms with E-state index in [2.05, 4.69) is 17.1 Å². The number of nitrogens with one attached hydrogen (secondary N) is 1. The molecule has 1 atom stereocenters. The number of aliphatic imine (C=N–C) groups is 1. The fourth-order valence-corrected chi connectivity index (χ4v) is 5.63. The Balaban J connectivity index is 1.45. The number of amides is 1. The first-order valence-corrected chi connectivity index (χ1v) is 14.1. The van der Waals surface area contributed by atoms with Crippen molar-refractivity contribution in [3.8, 4) is 11.5 Å². The number of aromatic amines is 1. The molecule has 1 aromatic heterocycles. The lowest BCUT2D eigenvalue weighted by Gasteiger charge is -2.17. The molecule has 5 rings (SSSR count). The molecule has 4 aromatic rings. The van der Waals surface area contributed by atoms with E-state index < -0.39 is 0 Å². The third-order valence-corrected chi connectivity index (χ3v) is 7.88. The zero-order chi connectivity index (χ0) is 27.4. The van der Waals surface area contributed by atoms with Crippen molar-refractivity contribution in [3.05, 3.63) is 94.0 Å². The molecule has 6 nitrogen and oxygen atoms in total. The lowest BCUT2D eigenvalue weighted by molar-refractivity contribution is -0.122. The maximum absolute atomic E-state index is 13.7. The first-order chi connectivity index (χ1) is 19.0. The maximum Gasteiger partial charge on any atom is 0.266 e. The summed E-state index contributed by atoms with van der Waals surface area (Å²) < 4.78 is 11.6. The van der Waals surface area contributed by atoms with Gasteiger partial charge in [-0.2, -0.15) is 0 Å². The first kappa shape index (κ1) is 26.9. The standard InChI is InChI=1S/C31H30ClN3O3S/c1-4-20(2)38-29-25(32)16-21(17-27(29)37-3)18-28-30(36)35(31(39-28)34-23-10-6-5-7-11-23)15-14-22-19-33-26-13-9-8-12-24(22)26/h5-13,16-20,33H,4,14-15H2,1-3H3/b28-18-,34-31?/t20-/m1/s1. The Bertz CT molecular complexity index is 1550. The minimum atomic E-state index is -0.0930. The van der Waals surface area contributed by atoms with E-state index in [1.807, 2.05) is 74.7 Å². The third-order valence-electron chi connectivity index (χ3n) is 6.59. The lowest BCUT2D eigenvalue weighted by Crippen LogP contribution is -2.31. The number of carbonyl (C=O) groups is 1. The van der Waals surface area contributed by atoms with Crippen molar-refractivity contribution in [2.75, 3.05) is 13.7 Å². The second-order valence-electron chi connectivity index (χ2n) is 9.28. The molecule has 0 spiro atoms. The summed E-state index contributed by atoms with van der Waals surface area (Å²) in [7, 11) is 1.58. The summed E-state index contributed by atoms with van der Waals surface area (Å²) in [6.45, 7) is 4.53. The van der Waals surface area contributed by atoms with Crippen molar-refractivity contribution in [2.24, 2.45) is 4.99 Å². The Morgan fingerprint density at radius 1 is 1.13 bits per heavy atom. The molecule has 0 bridgehead atoms. The zero-order valence-electron chi connectivity index (χ0n) is 22.1. The maximum atomic E-state index is 13.7. The molecular formula is C31H30ClN3O3S. The number of carbonyl (C=O) groups excluding carboxylic acids is 1. The molecule has 1 aliphatic rings. The van der Waals surface area contributed by atoms with Crippen LogP contribution >= 0.6 is 23.4 Å². The van der Waals surface area contributed by atoms with E-state index in [-0.39, 0.29) is 12.0 Å². The number of nitrogens with zero attached hydrogens (tertiary/aromatic N) is 2. The van der Waals surface area contributed by atoms with E-state index in [9.17, 15) is 4.79 Å². The largest absolute Gasteiger partial charge is 0.493 e. The average Bonchev–Trinajstić information content (AvgIpc) is 3.49. The number of aromatic nitrogens is 1. The van der Waals surface area contributed by atoms with E-state index in [1.165, 1.54) is 11.8 Å². The fourth-order valence-electron chi connectivity index (χ4n) is 4.35. The molecule has 1 fully saturated rings. The van der Waals surface area contributed by atoms with E-state index in [0.717, 1.165) is 34.1 Å². The van der Waals surface area contributed by atoms with E-state index >= 15 is 0 Å². The summed E-state index contributed by atoms with van der Waals surface area (Å²) in [5.74, 6) is 0.941. The number of thioether (sulfide) groups is 1. The van der Waals surface area contributed by atoms with Crippen LogP contribution in [0.5, 0.6) is 11.5 Å². The van der Waals surface area contributed by atoms with Crippen LogP contribution in [-0.2, 0) is 11.2 Å². The summed E-state index contributed by atoms with van der Waals surface area (Å²) in [5.41, 5.74) is 3.79. The molecule has 0 radical (unpaired) electrons. The summed E-state index contributed by atoms with van der Waals surface area (Å²) in [5, 5.41) is 2.24. The highest BCUT2D eigenvalue weighted by molar-refractivity contribution is 8.18. The van der Waals surface area contributed by atoms with Gasteiger partial charge in [-0.1, -0.05) is 54.9 Å². The van der Waals surface area contributed by atoms with Crippen molar-refractivity contribution in [1.82, 2.24) is 9.88 Å². The second kappa shape index (κ2) is 12.0. The van der Waals surface area contributed by atoms with Gasteiger partial charge in [-0.05, 0) is 79.1 Å². The number of amidine groups is 1. The molecule has 1 aliphatic heterocycles. The molecule has 39 heavy (non-hydrogen) atoms. The highest BCUT2D eigenvalue weighted by Crippen LogP contribution is 2.40. The van der Waals surface area contributed by atoms with Gasteiger partial charge in [0.2, 0.25) is 0 Å². The number of ether oxygens (including phenoxy) is 2. The first-order valence-electron chi connectivity index (χ1n) is 12.9. The molecule has 0 saturated carbocycles. The SMILES string of the molecule is CC[C@@H](C)Oc1c(Cl)cc(/C=C2\SC(=Nc3ccccc3)N(CCc3c[nH]c4ccccc34)C2=O)cc1OC. The third kappa shape index (κ3) is 6.00. The highest BCUT2D eigenvalue weighted by Gasteiger charge is 2.33. The van der Waals surface area contributed by atoms with Crippen molar-refractivity contribution < 1.29 is 14.3 Å². The summed E-state index contributed by atoms with van der Waals surface area (Å²) >= 11 is 7.95. The van der Waals surface area contributed by atoms with Gasteiger partial charge in [0.1, 0.15) is 0 Å². The Kier molecular flexibility index (Phi) is 8.29. The minimum Gasteiger partial charge on any atom is -0.493 e. The Morgan fingerprint density at radius 2 is 1.90 bits per heavy atom. The second-order valence-corrected chi connectivity index (χ2v) is 10.7. The number of hydrogen-bond donors (Lipinski definition) is 1. The molecule has 0 unspecified atom stereocenters. The van der Waals surface area contributed by atoms with Gasteiger partial charge < -0.3 is 14.5 Å². The molecule has 200 valence electrons. The number of hydrogen-bond acceptors (Lipinski definition) is 5. The van der Waals surface area contributed by atoms with Gasteiger partial charge in [0, 0.05) is 23.6 Å². The molecule has 1 amide bonds. The van der Waals surface area contributed by atoms with E-state index in [4.69, 9.17) is 26.1 Å². The Morgan fingerprint density at radius 3 is 2.67 bits per heavy atom. The predicted molar refractivity (Wildman–Crippen MR) is 161 cm³/mol. The van der Waals surface area contributed by atoms with Gasteiger partial charge in [0.25, 0.3) is 5.91 Å². The summed E-state index contributed by atoms with van der Waals surface area (Å²) in [6.07, 6.45) is 5.38. The fraction of sp³-hybridized carbons (Fsp3) is 0.226. The summed E-state index contributed by atoms with van der Waals surface area (Å²) in [6, 6.07) is 21.5. The number of fused-ring (bicyclic) bond motifs is 1. The molecule has 2 heterocycles. The molecular weight excluding hydrogens is 530 g/mol. The molecule has 0 aliphatic carbocycles. The molecule has 1 N–H and O–H groups in total. The van der Waals surface area contributed by atoms with Gasteiger partial charge in [0.05, 0.1) is 28.8 Å². The number of benzene rings is 3. The highest BCUT2D eigenvalue weighted by atomic mass is 35.5. The Hall–Kier alpha value is -3.68. The number of methoxy groups -OCH3 is 1. The number of para-hydroxylation sites is 2. The van der Waals surface area contributed by atoms with Crippen LogP contribution in [0.4, 0.5) is 5.69 Å². The molecule has 3 aromatic carbocycles. The van der Waals surface area contributed by atoms with Crippen LogP contribution in [-0.4, -0.2) is 40.7 Å². The van der Waals surface area contributed by atoms with Crippen molar-refractivity contribution in [1.29, 1.82) is 0 Å². The molecule has 1 saturated heterocycles. The van der Waals surface area contributed by atoms with Gasteiger partial charge in [0.15, 0.2) is 16.7 Å². The van der Waals surface area contributed by atoms with E-state index in [0.29, 0.717) is 39.6 Å².